The first-order valence-electron chi connectivity index (χ1n) is 14.8. The fraction of sp³-hybridized carbons (Fsp3) is 0.364. The van der Waals surface area contributed by atoms with Crippen LogP contribution in [0.15, 0.2) is 60.7 Å². The quantitative estimate of drug-likeness (QED) is 0.173. The molecule has 3 heterocycles. The van der Waals surface area contributed by atoms with E-state index in [1.165, 1.54) is 11.1 Å². The molecule has 8 nitrogen and oxygen atoms in total. The molecule has 42 heavy (non-hydrogen) atoms. The summed E-state index contributed by atoms with van der Waals surface area (Å²) in [7, 11) is -0.701. The van der Waals surface area contributed by atoms with E-state index in [0.717, 1.165) is 71.9 Å². The van der Waals surface area contributed by atoms with Crippen molar-refractivity contribution in [2.24, 2.45) is 5.92 Å². The highest BCUT2D eigenvalue weighted by Gasteiger charge is 2.36. The summed E-state index contributed by atoms with van der Waals surface area (Å²) >= 11 is 0. The van der Waals surface area contributed by atoms with Gasteiger partial charge in [0.1, 0.15) is 11.5 Å². The first kappa shape index (κ1) is 29.2. The van der Waals surface area contributed by atoms with Gasteiger partial charge in [0.25, 0.3) is 0 Å². The standard InChI is InChI=1S/C33H41BN6O2/c1-22-31(34(41-32-23(2)35-36-24(32)3)42-33-25(4)37-38-26(33)5)27(6)40(39-22)19-13-18-30(20-28-14-9-7-10-15-28)21-29-16-11-8-12-17-29/h7-12,14-17,30H,13,18-21H2,1-6H3,(H,35,36)(H,37,38). The lowest BCUT2D eigenvalue weighted by atomic mass is 9.76. The second kappa shape index (κ2) is 13.1. The maximum atomic E-state index is 6.52. The Balaban J connectivity index is 1.35. The Morgan fingerprint density at radius 3 is 1.67 bits per heavy atom. The Kier molecular flexibility index (Phi) is 9.15. The summed E-state index contributed by atoms with van der Waals surface area (Å²) in [5, 5.41) is 19.6. The second-order valence-electron chi connectivity index (χ2n) is 11.3. The van der Waals surface area contributed by atoms with Gasteiger partial charge in [-0.2, -0.15) is 15.3 Å². The van der Waals surface area contributed by atoms with Gasteiger partial charge in [-0.05, 0) is 84.3 Å². The fourth-order valence-corrected chi connectivity index (χ4v) is 5.75. The van der Waals surface area contributed by atoms with Crippen LogP contribution in [0.4, 0.5) is 0 Å². The number of aryl methyl sites for hydroxylation is 6. The average Bonchev–Trinajstić information content (AvgIpc) is 3.58. The van der Waals surface area contributed by atoms with Gasteiger partial charge in [-0.3, -0.25) is 14.9 Å². The van der Waals surface area contributed by atoms with Gasteiger partial charge >= 0.3 is 7.12 Å². The minimum atomic E-state index is -0.701. The molecular weight excluding hydrogens is 523 g/mol. The molecule has 2 N–H and O–H groups in total. The van der Waals surface area contributed by atoms with Crippen molar-refractivity contribution in [2.45, 2.75) is 73.8 Å². The highest BCUT2D eigenvalue weighted by molar-refractivity contribution is 6.63. The van der Waals surface area contributed by atoms with Crippen LogP contribution in [0, 0.1) is 47.5 Å². The van der Waals surface area contributed by atoms with Gasteiger partial charge < -0.3 is 9.31 Å². The average molecular weight is 565 g/mol. The molecule has 0 aliphatic rings. The van der Waals surface area contributed by atoms with E-state index in [9.17, 15) is 0 Å². The number of nitrogens with zero attached hydrogens (tertiary/aromatic N) is 4. The number of hydrogen-bond donors (Lipinski definition) is 2. The van der Waals surface area contributed by atoms with Crippen molar-refractivity contribution in [2.75, 3.05) is 0 Å². The molecule has 9 heteroatoms. The van der Waals surface area contributed by atoms with Gasteiger partial charge in [-0.1, -0.05) is 60.7 Å². The minimum Gasteiger partial charge on any atom is -0.519 e. The molecule has 0 saturated carbocycles. The highest BCUT2D eigenvalue weighted by Crippen LogP contribution is 2.25. The van der Waals surface area contributed by atoms with Gasteiger partial charge in [0.2, 0.25) is 0 Å². The lowest BCUT2D eigenvalue weighted by Gasteiger charge is -2.18. The van der Waals surface area contributed by atoms with Crippen LogP contribution in [0.25, 0.3) is 0 Å². The smallest absolute Gasteiger partial charge is 0.519 e. The zero-order valence-corrected chi connectivity index (χ0v) is 25.6. The van der Waals surface area contributed by atoms with Gasteiger partial charge in [0.15, 0.2) is 0 Å². The normalized spacial score (nSPS) is 11.3. The number of aromatic amines is 2. The molecule has 0 amide bonds. The Labute approximate surface area is 249 Å². The first-order valence-corrected chi connectivity index (χ1v) is 14.8. The van der Waals surface area contributed by atoms with E-state index in [-0.39, 0.29) is 0 Å². The maximum Gasteiger partial charge on any atom is 0.636 e. The summed E-state index contributed by atoms with van der Waals surface area (Å²) in [6.07, 6.45) is 4.26. The highest BCUT2D eigenvalue weighted by atomic mass is 16.6. The molecule has 5 rings (SSSR count). The van der Waals surface area contributed by atoms with Gasteiger partial charge in [0.05, 0.1) is 33.9 Å². The van der Waals surface area contributed by atoms with E-state index in [2.05, 4.69) is 92.7 Å². The topological polar surface area (TPSA) is 93.6 Å². The molecule has 3 aromatic heterocycles. The molecule has 0 saturated heterocycles. The predicted octanol–water partition coefficient (Wildman–Crippen LogP) is 5.91. The first-order chi connectivity index (χ1) is 20.3. The Morgan fingerprint density at radius 1 is 0.714 bits per heavy atom. The number of hydrogen-bond acceptors (Lipinski definition) is 5. The molecule has 0 atom stereocenters. The van der Waals surface area contributed by atoms with E-state index in [1.54, 1.807) is 0 Å². The van der Waals surface area contributed by atoms with Crippen molar-refractivity contribution >= 4 is 12.6 Å². The Hall–Kier alpha value is -4.27. The van der Waals surface area contributed by atoms with Gasteiger partial charge in [-0.15, -0.1) is 0 Å². The monoisotopic (exact) mass is 564 g/mol. The van der Waals surface area contributed by atoms with E-state index >= 15 is 0 Å². The molecule has 0 unspecified atom stereocenters. The van der Waals surface area contributed by atoms with Crippen LogP contribution in [-0.4, -0.2) is 37.3 Å². The van der Waals surface area contributed by atoms with E-state index in [4.69, 9.17) is 14.4 Å². The summed E-state index contributed by atoms with van der Waals surface area (Å²) < 4.78 is 15.2. The summed E-state index contributed by atoms with van der Waals surface area (Å²) in [4.78, 5) is 0. The predicted molar refractivity (Wildman–Crippen MR) is 167 cm³/mol. The number of rotatable bonds is 13. The zero-order valence-electron chi connectivity index (χ0n) is 25.6. The molecule has 0 aliphatic heterocycles. The van der Waals surface area contributed by atoms with Crippen molar-refractivity contribution in [1.82, 2.24) is 30.2 Å². The number of H-pyrrole nitrogens is 2. The maximum absolute atomic E-state index is 6.52. The molecule has 5 aromatic rings. The summed E-state index contributed by atoms with van der Waals surface area (Å²) in [5.41, 5.74) is 8.91. The number of aromatic nitrogens is 6. The van der Waals surface area contributed by atoms with Crippen molar-refractivity contribution in [3.8, 4) is 11.5 Å². The van der Waals surface area contributed by atoms with E-state index < -0.39 is 7.12 Å². The van der Waals surface area contributed by atoms with Gasteiger partial charge in [0, 0.05) is 12.2 Å². The minimum absolute atomic E-state index is 0.546. The van der Waals surface area contributed by atoms with Crippen molar-refractivity contribution < 1.29 is 9.31 Å². The largest absolute Gasteiger partial charge is 0.636 e. The number of nitrogens with one attached hydrogen (secondary N) is 2. The molecular formula is C33H41BN6O2. The van der Waals surface area contributed by atoms with Gasteiger partial charge in [-0.25, -0.2) is 0 Å². The van der Waals surface area contributed by atoms with Crippen molar-refractivity contribution in [1.29, 1.82) is 0 Å². The molecule has 2 aromatic carbocycles. The van der Waals surface area contributed by atoms with Crippen LogP contribution < -0.4 is 14.8 Å². The summed E-state index contributed by atoms with van der Waals surface area (Å²) in [5.74, 6) is 1.93. The molecule has 0 spiro atoms. The third kappa shape index (κ3) is 6.78. The Bertz CT molecular complexity index is 1460. The zero-order chi connectivity index (χ0) is 29.6. The summed E-state index contributed by atoms with van der Waals surface area (Å²) in [6, 6.07) is 21.6. The number of benzene rings is 2. The van der Waals surface area contributed by atoms with Crippen LogP contribution in [-0.2, 0) is 19.4 Å². The third-order valence-corrected chi connectivity index (χ3v) is 7.96. The lowest BCUT2D eigenvalue weighted by molar-refractivity contribution is 0.427. The molecule has 0 bridgehead atoms. The van der Waals surface area contributed by atoms with Crippen LogP contribution in [0.2, 0.25) is 0 Å². The second-order valence-corrected chi connectivity index (χ2v) is 11.3. The van der Waals surface area contributed by atoms with Crippen LogP contribution in [0.1, 0.15) is 58.1 Å². The van der Waals surface area contributed by atoms with E-state index in [0.29, 0.717) is 17.4 Å². The molecule has 0 aliphatic carbocycles. The fourth-order valence-electron chi connectivity index (χ4n) is 5.75. The van der Waals surface area contributed by atoms with Crippen LogP contribution >= 0.6 is 0 Å². The lowest BCUT2D eigenvalue weighted by Crippen LogP contribution is -2.45. The molecule has 218 valence electrons. The van der Waals surface area contributed by atoms with Crippen LogP contribution in [0.3, 0.4) is 0 Å². The van der Waals surface area contributed by atoms with E-state index in [1.807, 2.05) is 34.6 Å². The third-order valence-electron chi connectivity index (χ3n) is 7.96. The molecule has 0 radical (unpaired) electrons. The summed E-state index contributed by atoms with van der Waals surface area (Å²) in [6.45, 7) is 12.7. The molecule has 0 fully saturated rings. The SMILES string of the molecule is Cc1n[nH]c(C)c1OB(Oc1c(C)n[nH]c1C)c1c(C)nn(CCCC(Cc2ccccc2)Cc2ccccc2)c1C. The van der Waals surface area contributed by atoms with Crippen molar-refractivity contribution in [3.63, 3.8) is 0 Å². The Morgan fingerprint density at radius 2 is 1.21 bits per heavy atom. The van der Waals surface area contributed by atoms with Crippen LogP contribution in [0.5, 0.6) is 11.5 Å². The van der Waals surface area contributed by atoms with Crippen molar-refractivity contribution in [3.05, 3.63) is 106 Å².